The third-order valence-corrected chi connectivity index (χ3v) is 2.72. The number of aromatic nitrogens is 2. The molecule has 0 saturated carbocycles. The van der Waals surface area contributed by atoms with Crippen molar-refractivity contribution in [2.45, 2.75) is 19.3 Å². The summed E-state index contributed by atoms with van der Waals surface area (Å²) in [5.74, 6) is -1.17. The van der Waals surface area contributed by atoms with E-state index >= 15 is 0 Å². The van der Waals surface area contributed by atoms with Gasteiger partial charge in [0, 0.05) is 13.1 Å². The van der Waals surface area contributed by atoms with Gasteiger partial charge in [0.15, 0.2) is 11.6 Å². The molecule has 7 heteroatoms. The van der Waals surface area contributed by atoms with Crippen LogP contribution in [0.15, 0.2) is 0 Å². The smallest absolute Gasteiger partial charge is 0.259 e. The van der Waals surface area contributed by atoms with Crippen LogP contribution in [0.4, 0.5) is 16.0 Å². The van der Waals surface area contributed by atoms with Crippen molar-refractivity contribution in [1.82, 2.24) is 9.71 Å². The van der Waals surface area contributed by atoms with Crippen LogP contribution >= 0.6 is 0 Å². The molecular weight excluding hydrogens is 213 g/mol. The topological polar surface area (TPSA) is 91.2 Å². The van der Waals surface area contributed by atoms with Crippen LogP contribution in [0.25, 0.3) is 0 Å². The molecule has 1 aliphatic heterocycles. The minimum Gasteiger partial charge on any atom is -0.423 e. The predicted molar refractivity (Wildman–Crippen MR) is 55.7 cm³/mol. The lowest BCUT2D eigenvalue weighted by Crippen LogP contribution is -2.35. The molecule has 16 heavy (non-hydrogen) atoms. The Morgan fingerprint density at radius 1 is 1.31 bits per heavy atom. The molecular formula is C9H14FN5O. The lowest BCUT2D eigenvalue weighted by Gasteiger charge is -2.28. The fourth-order valence-corrected chi connectivity index (χ4v) is 1.83. The number of hydrogen-bond acceptors (Lipinski definition) is 5. The Labute approximate surface area is 91.6 Å². The molecule has 1 fully saturated rings. The zero-order valence-electron chi connectivity index (χ0n) is 8.78. The molecule has 1 aromatic rings. The number of rotatable bonds is 1. The van der Waals surface area contributed by atoms with Gasteiger partial charge < -0.3 is 15.8 Å². The van der Waals surface area contributed by atoms with Gasteiger partial charge >= 0.3 is 0 Å². The third kappa shape index (κ3) is 1.68. The number of piperidine rings is 1. The number of nitrogens with two attached hydrogens (primary N) is 1. The molecule has 6 nitrogen and oxygen atoms in total. The Morgan fingerprint density at radius 2 is 1.94 bits per heavy atom. The Bertz CT molecular complexity index is 452. The summed E-state index contributed by atoms with van der Waals surface area (Å²) in [5.41, 5.74) is 4.88. The first-order chi connectivity index (χ1) is 7.61. The molecule has 0 amide bonds. The second kappa shape index (κ2) is 3.99. The molecule has 0 unspecified atom stereocenters. The van der Waals surface area contributed by atoms with E-state index < -0.39 is 17.3 Å². The Balaban J connectivity index is 2.44. The third-order valence-electron chi connectivity index (χ3n) is 2.72. The van der Waals surface area contributed by atoms with Crippen LogP contribution < -0.4 is 16.3 Å². The fourth-order valence-electron chi connectivity index (χ4n) is 1.83. The summed E-state index contributed by atoms with van der Waals surface area (Å²) in [7, 11) is 0. The average Bonchev–Trinajstić information content (AvgIpc) is 2.32. The molecule has 1 aliphatic rings. The van der Waals surface area contributed by atoms with Gasteiger partial charge in [-0.1, -0.05) is 0 Å². The SMILES string of the molecule is N=c1nc(N2CCCCC2)c(F)c(N)n1O. The molecule has 0 atom stereocenters. The van der Waals surface area contributed by atoms with E-state index in [1.165, 1.54) is 0 Å². The predicted octanol–water partition coefficient (Wildman–Crippen LogP) is 0.311. The van der Waals surface area contributed by atoms with Crippen LogP contribution in [0.2, 0.25) is 0 Å². The molecule has 0 bridgehead atoms. The standard InChI is InChI=1S/C9H14FN5O/c10-6-7(11)15(16)9(12)13-8(6)14-4-2-1-3-5-14/h12,16H,1-5,11H2. The van der Waals surface area contributed by atoms with Gasteiger partial charge in [0.2, 0.25) is 5.82 Å². The quantitative estimate of drug-likeness (QED) is 0.602. The maximum Gasteiger partial charge on any atom is 0.259 e. The summed E-state index contributed by atoms with van der Waals surface area (Å²) >= 11 is 0. The number of halogens is 1. The van der Waals surface area contributed by atoms with Crippen molar-refractivity contribution in [1.29, 1.82) is 5.41 Å². The van der Waals surface area contributed by atoms with Crippen molar-refractivity contribution in [3.05, 3.63) is 11.4 Å². The lowest BCUT2D eigenvalue weighted by atomic mass is 10.1. The molecule has 1 saturated heterocycles. The van der Waals surface area contributed by atoms with Crippen molar-refractivity contribution in [3.8, 4) is 0 Å². The van der Waals surface area contributed by atoms with Crippen molar-refractivity contribution < 1.29 is 9.60 Å². The number of nitrogens with zero attached hydrogens (tertiary/aromatic N) is 3. The molecule has 2 heterocycles. The van der Waals surface area contributed by atoms with E-state index in [4.69, 9.17) is 11.1 Å². The first-order valence-corrected chi connectivity index (χ1v) is 5.18. The van der Waals surface area contributed by atoms with E-state index in [0.717, 1.165) is 19.3 Å². The van der Waals surface area contributed by atoms with E-state index in [1.54, 1.807) is 4.90 Å². The van der Waals surface area contributed by atoms with Gasteiger partial charge in [-0.15, -0.1) is 4.73 Å². The molecule has 1 aromatic heterocycles. The van der Waals surface area contributed by atoms with Crippen LogP contribution in [-0.2, 0) is 0 Å². The van der Waals surface area contributed by atoms with Crippen LogP contribution in [0.5, 0.6) is 0 Å². The van der Waals surface area contributed by atoms with Crippen molar-refractivity contribution in [2.24, 2.45) is 0 Å². The van der Waals surface area contributed by atoms with Crippen LogP contribution in [-0.4, -0.2) is 28.0 Å². The van der Waals surface area contributed by atoms with Gasteiger partial charge in [0.25, 0.3) is 5.62 Å². The maximum absolute atomic E-state index is 13.7. The maximum atomic E-state index is 13.7. The number of nitrogens with one attached hydrogen (secondary N) is 1. The van der Waals surface area contributed by atoms with Crippen LogP contribution in [0.1, 0.15) is 19.3 Å². The fraction of sp³-hybridized carbons (Fsp3) is 0.556. The zero-order chi connectivity index (χ0) is 11.7. The first-order valence-electron chi connectivity index (χ1n) is 5.18. The van der Waals surface area contributed by atoms with Crippen molar-refractivity contribution >= 4 is 11.6 Å². The van der Waals surface area contributed by atoms with Gasteiger partial charge in [-0.25, -0.2) is 0 Å². The molecule has 0 spiro atoms. The number of anilines is 2. The Kier molecular flexibility index (Phi) is 2.67. The highest BCUT2D eigenvalue weighted by Crippen LogP contribution is 2.22. The molecule has 0 aliphatic carbocycles. The highest BCUT2D eigenvalue weighted by Gasteiger charge is 2.20. The average molecular weight is 227 g/mol. The molecule has 0 aromatic carbocycles. The van der Waals surface area contributed by atoms with Crippen LogP contribution in [0, 0.1) is 11.2 Å². The summed E-state index contributed by atoms with van der Waals surface area (Å²) in [6, 6.07) is 0. The number of nitrogen functional groups attached to an aromatic ring is 1. The molecule has 0 radical (unpaired) electrons. The molecule has 4 N–H and O–H groups in total. The summed E-state index contributed by atoms with van der Waals surface area (Å²) < 4.78 is 14.0. The largest absolute Gasteiger partial charge is 0.423 e. The van der Waals surface area contributed by atoms with Gasteiger partial charge in [0.05, 0.1) is 0 Å². The van der Waals surface area contributed by atoms with E-state index in [9.17, 15) is 9.60 Å². The van der Waals surface area contributed by atoms with Gasteiger partial charge in [-0.2, -0.15) is 9.37 Å². The Morgan fingerprint density at radius 3 is 2.56 bits per heavy atom. The summed E-state index contributed by atoms with van der Waals surface area (Å²) in [6.07, 6.45) is 3.07. The lowest BCUT2D eigenvalue weighted by molar-refractivity contribution is 0.168. The van der Waals surface area contributed by atoms with E-state index in [2.05, 4.69) is 4.98 Å². The monoisotopic (exact) mass is 227 g/mol. The molecule has 2 rings (SSSR count). The highest BCUT2D eigenvalue weighted by atomic mass is 19.1. The Hall–Kier alpha value is -1.79. The van der Waals surface area contributed by atoms with Crippen molar-refractivity contribution in [2.75, 3.05) is 23.7 Å². The first kappa shape index (κ1) is 10.7. The minimum absolute atomic E-state index is 0.0625. The minimum atomic E-state index is -0.764. The van der Waals surface area contributed by atoms with E-state index in [1.807, 2.05) is 0 Å². The van der Waals surface area contributed by atoms with Gasteiger partial charge in [-0.05, 0) is 19.3 Å². The van der Waals surface area contributed by atoms with Gasteiger partial charge in [0.1, 0.15) is 0 Å². The zero-order valence-corrected chi connectivity index (χ0v) is 8.78. The second-order valence-electron chi connectivity index (χ2n) is 3.82. The summed E-state index contributed by atoms with van der Waals surface area (Å²) in [5, 5.41) is 16.5. The normalized spacial score (nSPS) is 16.4. The molecule has 88 valence electrons. The summed E-state index contributed by atoms with van der Waals surface area (Å²) in [4.78, 5) is 5.46. The van der Waals surface area contributed by atoms with E-state index in [0.29, 0.717) is 13.1 Å². The van der Waals surface area contributed by atoms with Crippen molar-refractivity contribution in [3.63, 3.8) is 0 Å². The summed E-state index contributed by atoms with van der Waals surface area (Å²) in [6.45, 7) is 1.41. The van der Waals surface area contributed by atoms with Gasteiger partial charge in [-0.3, -0.25) is 5.41 Å². The second-order valence-corrected chi connectivity index (χ2v) is 3.82. The van der Waals surface area contributed by atoms with E-state index in [-0.39, 0.29) is 10.5 Å². The number of hydrogen-bond donors (Lipinski definition) is 3. The van der Waals surface area contributed by atoms with Crippen LogP contribution in [0.3, 0.4) is 0 Å². The highest BCUT2D eigenvalue weighted by molar-refractivity contribution is 5.48.